The summed E-state index contributed by atoms with van der Waals surface area (Å²) in [5, 5.41) is 11.8. The molecule has 0 atom stereocenters. The zero-order chi connectivity index (χ0) is 30.7. The molecule has 222 valence electrons. The van der Waals surface area contributed by atoms with Crippen LogP contribution in [0.1, 0.15) is 15.9 Å². The summed E-state index contributed by atoms with van der Waals surface area (Å²) in [5.74, 6) is -2.10. The number of hydrogen-bond donors (Lipinski definition) is 2. The van der Waals surface area contributed by atoms with E-state index in [0.717, 1.165) is 49.0 Å². The molecule has 0 aromatic heterocycles. The van der Waals surface area contributed by atoms with Gasteiger partial charge in [-0.15, -0.1) is 0 Å². The largest absolute Gasteiger partial charge is 0.393 e. The number of nitro groups is 1. The van der Waals surface area contributed by atoms with Crippen molar-refractivity contribution in [1.82, 2.24) is 9.62 Å². The first-order valence-electron chi connectivity index (χ1n) is 13.2. The minimum absolute atomic E-state index is 0.236. The molecule has 0 saturated carbocycles. The van der Waals surface area contributed by atoms with Gasteiger partial charge in [-0.05, 0) is 59.2 Å². The first-order valence-corrected chi connectivity index (χ1v) is 15.1. The fourth-order valence-corrected chi connectivity index (χ4v) is 6.06. The Bertz CT molecular complexity index is 1800. The van der Waals surface area contributed by atoms with Crippen LogP contribution in [0.4, 0.5) is 21.5 Å². The Kier molecular flexibility index (Phi) is 8.62. The van der Waals surface area contributed by atoms with Gasteiger partial charge in [-0.2, -0.15) is 0 Å². The fraction of sp³-hybridized carbons (Fsp3) is 0.167. The maximum atomic E-state index is 15.0. The summed E-state index contributed by atoms with van der Waals surface area (Å²) in [7, 11) is -4.53. The molecule has 1 aliphatic rings. The van der Waals surface area contributed by atoms with E-state index in [-0.39, 0.29) is 5.69 Å². The Morgan fingerprint density at radius 2 is 1.67 bits per heavy atom. The average Bonchev–Trinajstić information content (AvgIpc) is 2.98. The third-order valence-corrected chi connectivity index (χ3v) is 8.82. The van der Waals surface area contributed by atoms with Crippen molar-refractivity contribution in [3.63, 3.8) is 0 Å². The second-order valence-corrected chi connectivity index (χ2v) is 12.1. The van der Waals surface area contributed by atoms with Crippen molar-refractivity contribution in [2.45, 2.75) is 11.4 Å². The number of hydrogen-bond acceptors (Lipinski definition) is 8. The summed E-state index contributed by atoms with van der Waals surface area (Å²) in [6, 6.07) is 22.7. The molecule has 0 spiro atoms. The van der Waals surface area contributed by atoms with Gasteiger partial charge < -0.3 is 10.6 Å². The number of halogens is 2. The van der Waals surface area contributed by atoms with Crippen LogP contribution >= 0.6 is 11.6 Å². The topological polar surface area (TPSA) is 139 Å². The molecule has 3 N–H and O–H groups in total. The van der Waals surface area contributed by atoms with Crippen LogP contribution in [0.2, 0.25) is 5.02 Å². The summed E-state index contributed by atoms with van der Waals surface area (Å²) in [6.45, 7) is 3.44. The number of sulfonamides is 1. The van der Waals surface area contributed by atoms with Gasteiger partial charge in [0.25, 0.3) is 21.6 Å². The number of nitrogens with two attached hydrogens (primary N) is 1. The number of carbonyl (C=O) groups is 1. The summed E-state index contributed by atoms with van der Waals surface area (Å²) >= 11 is 6.06. The summed E-state index contributed by atoms with van der Waals surface area (Å²) in [6.07, 6.45) is 0. The molecule has 4 aromatic rings. The maximum Gasteiger partial charge on any atom is 0.293 e. The summed E-state index contributed by atoms with van der Waals surface area (Å²) < 4.78 is 42.1. The van der Waals surface area contributed by atoms with Crippen molar-refractivity contribution in [1.29, 1.82) is 0 Å². The highest BCUT2D eigenvalue weighted by molar-refractivity contribution is 7.90. The van der Waals surface area contributed by atoms with Crippen LogP contribution in [0.3, 0.4) is 0 Å². The van der Waals surface area contributed by atoms with Crippen molar-refractivity contribution in [3.8, 4) is 11.1 Å². The smallest absolute Gasteiger partial charge is 0.293 e. The third kappa shape index (κ3) is 6.77. The van der Waals surface area contributed by atoms with E-state index in [1.165, 1.54) is 17.7 Å². The number of benzene rings is 4. The minimum atomic E-state index is -4.53. The van der Waals surface area contributed by atoms with Crippen LogP contribution in [0.5, 0.6) is 0 Å². The fourth-order valence-electron chi connectivity index (χ4n) is 4.94. The lowest BCUT2D eigenvalue weighted by atomic mass is 9.99. The quantitative estimate of drug-likeness (QED) is 0.157. The van der Waals surface area contributed by atoms with Crippen LogP contribution in [-0.4, -0.2) is 50.3 Å². The van der Waals surface area contributed by atoms with E-state index in [4.69, 9.17) is 17.3 Å². The van der Waals surface area contributed by atoms with Crippen molar-refractivity contribution in [2.75, 3.05) is 36.8 Å². The van der Waals surface area contributed by atoms with Gasteiger partial charge in [-0.3, -0.25) is 19.8 Å². The lowest BCUT2D eigenvalue weighted by Crippen LogP contribution is -2.46. The van der Waals surface area contributed by atoms with Crippen LogP contribution in [0.25, 0.3) is 11.1 Å². The predicted molar refractivity (Wildman–Crippen MR) is 163 cm³/mol. The molecular weight excluding hydrogens is 597 g/mol. The molecule has 1 fully saturated rings. The molecule has 0 radical (unpaired) electrons. The molecule has 0 aliphatic carbocycles. The van der Waals surface area contributed by atoms with Gasteiger partial charge >= 0.3 is 0 Å². The predicted octanol–water partition coefficient (Wildman–Crippen LogP) is 5.08. The van der Waals surface area contributed by atoms with Gasteiger partial charge in [-0.25, -0.2) is 17.5 Å². The summed E-state index contributed by atoms with van der Waals surface area (Å²) in [5.41, 5.74) is 8.13. The average molecular weight is 624 g/mol. The first kappa shape index (κ1) is 30.0. The normalized spacial score (nSPS) is 14.0. The van der Waals surface area contributed by atoms with Gasteiger partial charge in [0, 0.05) is 49.5 Å². The molecule has 1 saturated heterocycles. The van der Waals surface area contributed by atoms with Crippen LogP contribution in [-0.2, 0) is 16.6 Å². The Morgan fingerprint density at radius 1 is 0.977 bits per heavy atom. The number of carbonyl (C=O) groups excluding carboxylic acids is 1. The zero-order valence-corrected chi connectivity index (χ0v) is 24.3. The highest BCUT2D eigenvalue weighted by Gasteiger charge is 2.25. The number of nitro benzene ring substituents is 1. The zero-order valence-electron chi connectivity index (χ0n) is 22.7. The molecule has 10 nitrogen and oxygen atoms in total. The van der Waals surface area contributed by atoms with Crippen molar-refractivity contribution in [3.05, 3.63) is 117 Å². The highest BCUT2D eigenvalue weighted by Crippen LogP contribution is 2.28. The molecular formula is C30H27ClFN5O5S. The molecule has 1 aliphatic heterocycles. The number of rotatable bonds is 8. The lowest BCUT2D eigenvalue weighted by Gasteiger charge is -2.36. The van der Waals surface area contributed by atoms with E-state index < -0.39 is 42.8 Å². The van der Waals surface area contributed by atoms with Crippen LogP contribution in [0.15, 0.2) is 89.8 Å². The van der Waals surface area contributed by atoms with Crippen molar-refractivity contribution >= 4 is 44.6 Å². The van der Waals surface area contributed by atoms with E-state index >= 15 is 4.39 Å². The van der Waals surface area contributed by atoms with E-state index in [2.05, 4.69) is 17.0 Å². The van der Waals surface area contributed by atoms with Gasteiger partial charge in [0.2, 0.25) is 0 Å². The number of nitrogens with one attached hydrogen (secondary N) is 1. The molecule has 5 rings (SSSR count). The minimum Gasteiger partial charge on any atom is -0.393 e. The molecule has 4 aromatic carbocycles. The second kappa shape index (κ2) is 12.4. The Balaban J connectivity index is 1.22. The SMILES string of the molecule is Nc1ccc(S(=O)(=O)NC(=O)c2ccc(N3CCN(Cc4ccccc4-c4ccc(Cl)cc4)CC3)cc2F)cc1[N+](=O)[O-]. The number of piperazine rings is 1. The Labute approximate surface area is 252 Å². The van der Waals surface area contributed by atoms with Gasteiger partial charge in [0.15, 0.2) is 0 Å². The Morgan fingerprint density at radius 3 is 2.35 bits per heavy atom. The van der Waals surface area contributed by atoms with Gasteiger partial charge in [0.05, 0.1) is 15.4 Å². The van der Waals surface area contributed by atoms with E-state index in [1.807, 2.05) is 41.3 Å². The second-order valence-electron chi connectivity index (χ2n) is 10.0. The Hall–Kier alpha value is -4.52. The van der Waals surface area contributed by atoms with Crippen LogP contribution in [0, 0.1) is 15.9 Å². The van der Waals surface area contributed by atoms with Crippen molar-refractivity contribution < 1.29 is 22.5 Å². The summed E-state index contributed by atoms with van der Waals surface area (Å²) in [4.78, 5) is 26.7. The number of nitrogen functional groups attached to an aromatic ring is 1. The number of anilines is 2. The van der Waals surface area contributed by atoms with Crippen molar-refractivity contribution in [2.24, 2.45) is 0 Å². The van der Waals surface area contributed by atoms with E-state index in [0.29, 0.717) is 23.8 Å². The highest BCUT2D eigenvalue weighted by atomic mass is 35.5. The van der Waals surface area contributed by atoms with Gasteiger partial charge in [0.1, 0.15) is 11.5 Å². The molecule has 43 heavy (non-hydrogen) atoms. The maximum absolute atomic E-state index is 15.0. The standard InChI is InChI=1S/C30H27ClFN5O5S/c31-22-7-5-20(6-8-22)25-4-2-1-3-21(25)19-35-13-15-36(16-14-35)23-9-11-26(27(32)17-23)30(38)34-43(41,42)24-10-12-28(33)29(18-24)37(39)40/h1-12,17-18H,13-16,19,33H2,(H,34,38). The number of nitrogens with zero attached hydrogens (tertiary/aromatic N) is 3. The molecule has 1 heterocycles. The lowest BCUT2D eigenvalue weighted by molar-refractivity contribution is -0.384. The molecule has 0 unspecified atom stereocenters. The monoisotopic (exact) mass is 623 g/mol. The molecule has 0 bridgehead atoms. The number of amides is 1. The third-order valence-electron chi connectivity index (χ3n) is 7.24. The first-order chi connectivity index (χ1) is 20.5. The van der Waals surface area contributed by atoms with Crippen LogP contribution < -0.4 is 15.4 Å². The van der Waals surface area contributed by atoms with E-state index in [1.54, 1.807) is 10.8 Å². The van der Waals surface area contributed by atoms with Gasteiger partial charge in [-0.1, -0.05) is 48.0 Å². The molecule has 13 heteroatoms. The molecule has 1 amide bonds. The van der Waals surface area contributed by atoms with E-state index in [9.17, 15) is 23.3 Å².